The SMILES string of the molecule is CC(CN)C(=O)NC1COc2ccc(Cl)cc21.Cl. The molecule has 0 saturated heterocycles. The standard InChI is InChI=1S/C12H15ClN2O2.ClH/c1-7(5-14)12(16)15-10-6-17-11-3-2-8(13)4-9(10)11;/h2-4,7,10H,5-6,14H2,1H3,(H,15,16);1H. The number of nitrogens with two attached hydrogens (primary N) is 1. The molecule has 0 saturated carbocycles. The second-order valence-corrected chi connectivity index (χ2v) is 4.63. The zero-order valence-corrected chi connectivity index (χ0v) is 11.6. The highest BCUT2D eigenvalue weighted by Crippen LogP contribution is 2.34. The summed E-state index contributed by atoms with van der Waals surface area (Å²) in [6.45, 7) is 2.57. The molecule has 100 valence electrons. The lowest BCUT2D eigenvalue weighted by molar-refractivity contribution is -0.125. The van der Waals surface area contributed by atoms with E-state index in [1.807, 2.05) is 12.1 Å². The second kappa shape index (κ2) is 6.27. The Hall–Kier alpha value is -0.970. The molecule has 0 bridgehead atoms. The fourth-order valence-electron chi connectivity index (χ4n) is 1.73. The van der Waals surface area contributed by atoms with Crippen LogP contribution in [0.4, 0.5) is 0 Å². The van der Waals surface area contributed by atoms with Crippen molar-refractivity contribution in [1.29, 1.82) is 0 Å². The molecule has 2 rings (SSSR count). The molecule has 1 aromatic carbocycles. The van der Waals surface area contributed by atoms with Crippen LogP contribution < -0.4 is 15.8 Å². The van der Waals surface area contributed by atoms with Gasteiger partial charge in [0.1, 0.15) is 12.4 Å². The number of carbonyl (C=O) groups excluding carboxylic acids is 1. The summed E-state index contributed by atoms with van der Waals surface area (Å²) in [5, 5.41) is 3.55. The lowest BCUT2D eigenvalue weighted by Gasteiger charge is -2.15. The predicted molar refractivity (Wildman–Crippen MR) is 73.3 cm³/mol. The van der Waals surface area contributed by atoms with Crippen molar-refractivity contribution in [2.24, 2.45) is 11.7 Å². The molecular formula is C12H16Cl2N2O2. The van der Waals surface area contributed by atoms with E-state index in [0.717, 1.165) is 11.3 Å². The van der Waals surface area contributed by atoms with E-state index in [9.17, 15) is 4.79 Å². The molecule has 2 atom stereocenters. The maximum atomic E-state index is 11.7. The van der Waals surface area contributed by atoms with Gasteiger partial charge in [0.25, 0.3) is 0 Å². The van der Waals surface area contributed by atoms with Gasteiger partial charge >= 0.3 is 0 Å². The first-order valence-corrected chi connectivity index (χ1v) is 5.92. The number of hydrogen-bond donors (Lipinski definition) is 2. The van der Waals surface area contributed by atoms with Crippen LogP contribution in [-0.2, 0) is 4.79 Å². The van der Waals surface area contributed by atoms with Crippen molar-refractivity contribution < 1.29 is 9.53 Å². The number of benzene rings is 1. The normalized spacial score (nSPS) is 18.3. The van der Waals surface area contributed by atoms with Crippen molar-refractivity contribution in [3.05, 3.63) is 28.8 Å². The molecule has 18 heavy (non-hydrogen) atoms. The van der Waals surface area contributed by atoms with Gasteiger partial charge in [0.2, 0.25) is 5.91 Å². The molecule has 1 amide bonds. The maximum Gasteiger partial charge on any atom is 0.224 e. The third-order valence-electron chi connectivity index (χ3n) is 2.87. The fraction of sp³-hybridized carbons (Fsp3) is 0.417. The molecule has 0 aromatic heterocycles. The Morgan fingerprint density at radius 3 is 3.06 bits per heavy atom. The maximum absolute atomic E-state index is 11.7. The van der Waals surface area contributed by atoms with Crippen molar-refractivity contribution in [2.75, 3.05) is 13.2 Å². The quantitative estimate of drug-likeness (QED) is 0.894. The molecule has 0 fully saturated rings. The average Bonchev–Trinajstić information content (AvgIpc) is 2.71. The van der Waals surface area contributed by atoms with Gasteiger partial charge in [-0.05, 0) is 18.2 Å². The summed E-state index contributed by atoms with van der Waals surface area (Å²) in [6, 6.07) is 5.27. The summed E-state index contributed by atoms with van der Waals surface area (Å²) in [7, 11) is 0. The van der Waals surface area contributed by atoms with Crippen molar-refractivity contribution in [1.82, 2.24) is 5.32 Å². The van der Waals surface area contributed by atoms with Gasteiger partial charge in [-0.25, -0.2) is 0 Å². The van der Waals surface area contributed by atoms with Crippen molar-refractivity contribution in [3.63, 3.8) is 0 Å². The van der Waals surface area contributed by atoms with Gasteiger partial charge in [-0.1, -0.05) is 18.5 Å². The molecule has 0 aliphatic carbocycles. The molecule has 1 aromatic rings. The highest BCUT2D eigenvalue weighted by Gasteiger charge is 2.26. The first-order valence-electron chi connectivity index (χ1n) is 5.54. The van der Waals surface area contributed by atoms with Crippen LogP contribution in [-0.4, -0.2) is 19.1 Å². The van der Waals surface area contributed by atoms with Crippen LogP contribution in [0.5, 0.6) is 5.75 Å². The largest absolute Gasteiger partial charge is 0.491 e. The van der Waals surface area contributed by atoms with Crippen LogP contribution >= 0.6 is 24.0 Å². The molecule has 0 radical (unpaired) electrons. The van der Waals surface area contributed by atoms with E-state index < -0.39 is 0 Å². The Morgan fingerprint density at radius 2 is 2.39 bits per heavy atom. The monoisotopic (exact) mass is 290 g/mol. The van der Waals surface area contributed by atoms with Crippen molar-refractivity contribution >= 4 is 29.9 Å². The summed E-state index contributed by atoms with van der Waals surface area (Å²) in [6.07, 6.45) is 0. The van der Waals surface area contributed by atoms with E-state index in [1.54, 1.807) is 13.0 Å². The number of carbonyl (C=O) groups is 1. The summed E-state index contributed by atoms with van der Waals surface area (Å²) in [4.78, 5) is 11.7. The third kappa shape index (κ3) is 3.07. The number of halogens is 2. The highest BCUT2D eigenvalue weighted by molar-refractivity contribution is 6.30. The van der Waals surface area contributed by atoms with Crippen LogP contribution in [0.2, 0.25) is 5.02 Å². The number of fused-ring (bicyclic) bond motifs is 1. The smallest absolute Gasteiger partial charge is 0.224 e. The minimum atomic E-state index is -0.196. The summed E-state index contributed by atoms with van der Waals surface area (Å²) >= 11 is 5.93. The number of hydrogen-bond acceptors (Lipinski definition) is 3. The third-order valence-corrected chi connectivity index (χ3v) is 3.11. The van der Waals surface area contributed by atoms with Crippen molar-refractivity contribution in [3.8, 4) is 5.75 Å². The number of rotatable bonds is 3. The second-order valence-electron chi connectivity index (χ2n) is 4.19. The van der Waals surface area contributed by atoms with E-state index >= 15 is 0 Å². The molecule has 1 aliphatic heterocycles. The molecule has 0 spiro atoms. The topological polar surface area (TPSA) is 64.4 Å². The van der Waals surface area contributed by atoms with Gasteiger partial charge in [-0.3, -0.25) is 4.79 Å². The van der Waals surface area contributed by atoms with Gasteiger partial charge < -0.3 is 15.8 Å². The Kier molecular flexibility index (Phi) is 5.26. The molecule has 2 unspecified atom stereocenters. The summed E-state index contributed by atoms with van der Waals surface area (Å²) < 4.78 is 5.48. The minimum Gasteiger partial charge on any atom is -0.491 e. The summed E-state index contributed by atoms with van der Waals surface area (Å²) in [5.74, 6) is 0.521. The van der Waals surface area contributed by atoms with E-state index in [4.69, 9.17) is 22.1 Å². The number of nitrogens with one attached hydrogen (secondary N) is 1. The zero-order chi connectivity index (χ0) is 12.4. The van der Waals surface area contributed by atoms with E-state index in [0.29, 0.717) is 18.2 Å². The van der Waals surface area contributed by atoms with Gasteiger partial charge in [0.15, 0.2) is 0 Å². The van der Waals surface area contributed by atoms with E-state index in [2.05, 4.69) is 5.32 Å². The van der Waals surface area contributed by atoms with E-state index in [-0.39, 0.29) is 30.3 Å². The van der Waals surface area contributed by atoms with Gasteiger partial charge in [-0.2, -0.15) is 0 Å². The first-order chi connectivity index (χ1) is 8.11. The van der Waals surface area contributed by atoms with Crippen LogP contribution in [0, 0.1) is 5.92 Å². The van der Waals surface area contributed by atoms with Gasteiger partial charge in [0, 0.05) is 23.0 Å². The average molecular weight is 291 g/mol. The lowest BCUT2D eigenvalue weighted by Crippen LogP contribution is -2.36. The van der Waals surface area contributed by atoms with Crippen LogP contribution in [0.15, 0.2) is 18.2 Å². The lowest BCUT2D eigenvalue weighted by atomic mass is 10.1. The fourth-order valence-corrected chi connectivity index (χ4v) is 1.91. The van der Waals surface area contributed by atoms with Crippen LogP contribution in [0.25, 0.3) is 0 Å². The molecule has 4 nitrogen and oxygen atoms in total. The van der Waals surface area contributed by atoms with Gasteiger partial charge in [0.05, 0.1) is 6.04 Å². The zero-order valence-electron chi connectivity index (χ0n) is 9.98. The summed E-state index contributed by atoms with van der Waals surface area (Å²) in [5.41, 5.74) is 6.38. The van der Waals surface area contributed by atoms with E-state index in [1.165, 1.54) is 0 Å². The Morgan fingerprint density at radius 1 is 1.67 bits per heavy atom. The molecule has 6 heteroatoms. The first kappa shape index (κ1) is 15.1. The van der Waals surface area contributed by atoms with Crippen LogP contribution in [0.3, 0.4) is 0 Å². The molecule has 1 aliphatic rings. The predicted octanol–water partition coefficient (Wildman–Crippen LogP) is 1.91. The number of ether oxygens (including phenoxy) is 1. The minimum absolute atomic E-state index is 0. The van der Waals surface area contributed by atoms with Gasteiger partial charge in [-0.15, -0.1) is 12.4 Å². The highest BCUT2D eigenvalue weighted by atomic mass is 35.5. The Balaban J connectivity index is 0.00000162. The van der Waals surface area contributed by atoms with Crippen molar-refractivity contribution in [2.45, 2.75) is 13.0 Å². The molecule has 1 heterocycles. The molecule has 3 N–H and O–H groups in total. The Bertz CT molecular complexity index is 440. The number of amides is 1. The van der Waals surface area contributed by atoms with Crippen LogP contribution in [0.1, 0.15) is 18.5 Å². The molecular weight excluding hydrogens is 275 g/mol. The Labute approximate surface area is 117 Å².